The van der Waals surface area contributed by atoms with E-state index in [0.717, 1.165) is 6.54 Å². The summed E-state index contributed by atoms with van der Waals surface area (Å²) in [4.78, 5) is 13.8. The van der Waals surface area contributed by atoms with Crippen molar-refractivity contribution in [1.29, 1.82) is 0 Å². The van der Waals surface area contributed by atoms with Crippen LogP contribution >= 0.6 is 0 Å². The largest absolute Gasteiger partial charge is 0.329 e. The Morgan fingerprint density at radius 1 is 1.26 bits per heavy atom. The molecule has 0 bridgehead atoms. The fraction of sp³-hybridized carbons (Fsp3) is 0.562. The Labute approximate surface area is 116 Å². The van der Waals surface area contributed by atoms with Gasteiger partial charge >= 0.3 is 6.03 Å². The summed E-state index contributed by atoms with van der Waals surface area (Å²) in [6.07, 6.45) is 0. The number of urea groups is 1. The number of rotatable bonds is 3. The van der Waals surface area contributed by atoms with Gasteiger partial charge in [0.2, 0.25) is 0 Å². The first-order valence-corrected chi connectivity index (χ1v) is 7.07. The number of nitrogens with one attached hydrogen (secondary N) is 1. The van der Waals surface area contributed by atoms with Crippen LogP contribution in [0.25, 0.3) is 0 Å². The molecule has 1 saturated heterocycles. The van der Waals surface area contributed by atoms with Crippen molar-refractivity contribution >= 4 is 6.03 Å². The lowest BCUT2D eigenvalue weighted by atomic mass is 9.94. The van der Waals surface area contributed by atoms with Crippen LogP contribution in [-0.2, 0) is 0 Å². The zero-order chi connectivity index (χ0) is 14.2. The first kappa shape index (κ1) is 13.9. The number of nitrogens with zero attached hydrogens (tertiary/aromatic N) is 1. The Balaban J connectivity index is 2.28. The van der Waals surface area contributed by atoms with Crippen LogP contribution in [0, 0.1) is 6.92 Å². The van der Waals surface area contributed by atoms with Gasteiger partial charge in [-0.2, -0.15) is 0 Å². The predicted molar refractivity (Wildman–Crippen MR) is 78.4 cm³/mol. The van der Waals surface area contributed by atoms with Crippen molar-refractivity contribution in [3.63, 3.8) is 0 Å². The van der Waals surface area contributed by atoms with E-state index in [2.05, 4.69) is 58.1 Å². The summed E-state index contributed by atoms with van der Waals surface area (Å²) >= 11 is 0. The zero-order valence-electron chi connectivity index (χ0n) is 12.5. The van der Waals surface area contributed by atoms with Gasteiger partial charge in [-0.05, 0) is 43.4 Å². The van der Waals surface area contributed by atoms with Crippen LogP contribution in [0.3, 0.4) is 0 Å². The molecule has 1 aromatic carbocycles. The third kappa shape index (κ3) is 2.75. The van der Waals surface area contributed by atoms with Gasteiger partial charge in [-0.3, -0.25) is 0 Å². The van der Waals surface area contributed by atoms with E-state index in [9.17, 15) is 4.79 Å². The minimum atomic E-state index is 0.0503. The van der Waals surface area contributed by atoms with E-state index in [0.29, 0.717) is 5.92 Å². The topological polar surface area (TPSA) is 32.3 Å². The number of hydrogen-bond acceptors (Lipinski definition) is 1. The van der Waals surface area contributed by atoms with Gasteiger partial charge in [0.05, 0.1) is 6.04 Å². The first-order chi connectivity index (χ1) is 8.90. The van der Waals surface area contributed by atoms with E-state index in [4.69, 9.17) is 0 Å². The van der Waals surface area contributed by atoms with Gasteiger partial charge in [-0.15, -0.1) is 0 Å². The van der Waals surface area contributed by atoms with Crippen molar-refractivity contribution in [2.75, 3.05) is 6.54 Å². The Kier molecular flexibility index (Phi) is 3.83. The molecule has 0 aliphatic carbocycles. The van der Waals surface area contributed by atoms with Gasteiger partial charge in [-0.25, -0.2) is 4.79 Å². The van der Waals surface area contributed by atoms with Gasteiger partial charge in [0.25, 0.3) is 0 Å². The maximum atomic E-state index is 11.9. The summed E-state index contributed by atoms with van der Waals surface area (Å²) in [5.74, 6) is 0.512. The molecule has 1 unspecified atom stereocenters. The van der Waals surface area contributed by atoms with Crippen molar-refractivity contribution < 1.29 is 4.79 Å². The van der Waals surface area contributed by atoms with E-state index < -0.39 is 0 Å². The SMILES string of the molecule is Cc1ccc(C(C)C)cc1C1CN(C(C)C)C(=O)N1. The van der Waals surface area contributed by atoms with Crippen LogP contribution in [0.15, 0.2) is 18.2 Å². The summed E-state index contributed by atoms with van der Waals surface area (Å²) in [5.41, 5.74) is 3.83. The number of amides is 2. The Hall–Kier alpha value is -1.51. The number of aryl methyl sites for hydroxylation is 1. The third-order valence-corrected chi connectivity index (χ3v) is 3.91. The van der Waals surface area contributed by atoms with Crippen molar-refractivity contribution in [2.24, 2.45) is 0 Å². The molecule has 0 aromatic heterocycles. The summed E-state index contributed by atoms with van der Waals surface area (Å²) in [6.45, 7) is 11.4. The molecule has 3 nitrogen and oxygen atoms in total. The maximum Gasteiger partial charge on any atom is 0.318 e. The van der Waals surface area contributed by atoms with Gasteiger partial charge in [0.15, 0.2) is 0 Å². The smallest absolute Gasteiger partial charge is 0.318 e. The highest BCUT2D eigenvalue weighted by Gasteiger charge is 2.32. The average molecular weight is 260 g/mol. The second kappa shape index (κ2) is 5.24. The molecule has 2 amide bonds. The van der Waals surface area contributed by atoms with Crippen molar-refractivity contribution in [3.8, 4) is 0 Å². The summed E-state index contributed by atoms with van der Waals surface area (Å²) in [6, 6.07) is 7.01. The Morgan fingerprint density at radius 2 is 1.95 bits per heavy atom. The van der Waals surface area contributed by atoms with E-state index in [1.807, 2.05) is 4.90 Å². The van der Waals surface area contributed by atoms with Crippen LogP contribution in [0.4, 0.5) is 4.79 Å². The molecule has 1 aromatic rings. The highest BCUT2D eigenvalue weighted by molar-refractivity contribution is 5.77. The lowest BCUT2D eigenvalue weighted by Gasteiger charge is -2.20. The van der Waals surface area contributed by atoms with Gasteiger partial charge in [0, 0.05) is 12.6 Å². The minimum absolute atomic E-state index is 0.0503. The molecule has 0 spiro atoms. The monoisotopic (exact) mass is 260 g/mol. The van der Waals surface area contributed by atoms with E-state index in [-0.39, 0.29) is 18.1 Å². The fourth-order valence-electron chi connectivity index (χ4n) is 2.57. The Morgan fingerprint density at radius 3 is 2.47 bits per heavy atom. The lowest BCUT2D eigenvalue weighted by Crippen LogP contribution is -2.33. The van der Waals surface area contributed by atoms with E-state index >= 15 is 0 Å². The molecule has 2 rings (SSSR count). The van der Waals surface area contributed by atoms with Crippen molar-refractivity contribution in [1.82, 2.24) is 10.2 Å². The van der Waals surface area contributed by atoms with Gasteiger partial charge in [0.1, 0.15) is 0 Å². The van der Waals surface area contributed by atoms with E-state index in [1.165, 1.54) is 16.7 Å². The summed E-state index contributed by atoms with van der Waals surface area (Å²) < 4.78 is 0. The highest BCUT2D eigenvalue weighted by Crippen LogP contribution is 2.27. The molecule has 1 fully saturated rings. The molecule has 1 atom stereocenters. The minimum Gasteiger partial charge on any atom is -0.329 e. The van der Waals surface area contributed by atoms with E-state index in [1.54, 1.807) is 0 Å². The number of carbonyl (C=O) groups is 1. The summed E-state index contributed by atoms with van der Waals surface area (Å²) in [5, 5.41) is 3.10. The summed E-state index contributed by atoms with van der Waals surface area (Å²) in [7, 11) is 0. The van der Waals surface area contributed by atoms with Crippen molar-refractivity contribution in [2.45, 2.75) is 52.6 Å². The average Bonchev–Trinajstić information content (AvgIpc) is 2.71. The van der Waals surface area contributed by atoms with Crippen LogP contribution < -0.4 is 5.32 Å². The molecule has 3 heteroatoms. The molecule has 1 heterocycles. The number of benzene rings is 1. The highest BCUT2D eigenvalue weighted by atomic mass is 16.2. The number of hydrogen-bond donors (Lipinski definition) is 1. The van der Waals surface area contributed by atoms with Gasteiger partial charge in [-0.1, -0.05) is 32.0 Å². The molecular formula is C16H24N2O. The fourth-order valence-corrected chi connectivity index (χ4v) is 2.57. The molecule has 1 N–H and O–H groups in total. The molecule has 1 aliphatic heterocycles. The zero-order valence-corrected chi connectivity index (χ0v) is 12.5. The lowest BCUT2D eigenvalue weighted by molar-refractivity contribution is 0.206. The molecule has 104 valence electrons. The quantitative estimate of drug-likeness (QED) is 0.885. The number of carbonyl (C=O) groups excluding carboxylic acids is 1. The molecule has 19 heavy (non-hydrogen) atoms. The molecule has 1 aliphatic rings. The van der Waals surface area contributed by atoms with Crippen LogP contribution in [0.2, 0.25) is 0 Å². The third-order valence-electron chi connectivity index (χ3n) is 3.91. The predicted octanol–water partition coefficient (Wildman–Crippen LogP) is 3.59. The van der Waals surface area contributed by atoms with Crippen LogP contribution in [-0.4, -0.2) is 23.5 Å². The molecular weight excluding hydrogens is 236 g/mol. The van der Waals surface area contributed by atoms with Crippen LogP contribution in [0.1, 0.15) is 56.3 Å². The van der Waals surface area contributed by atoms with Gasteiger partial charge < -0.3 is 10.2 Å². The van der Waals surface area contributed by atoms with Crippen LogP contribution in [0.5, 0.6) is 0 Å². The molecule has 0 saturated carbocycles. The maximum absolute atomic E-state index is 11.9. The Bertz CT molecular complexity index is 480. The second-order valence-corrected chi connectivity index (χ2v) is 6.02. The van der Waals surface area contributed by atoms with Crippen molar-refractivity contribution in [3.05, 3.63) is 34.9 Å². The molecule has 0 radical (unpaired) electrons. The first-order valence-electron chi connectivity index (χ1n) is 7.07. The second-order valence-electron chi connectivity index (χ2n) is 6.02. The normalized spacial score (nSPS) is 19.4. The standard InChI is InChI=1S/C16H24N2O/c1-10(2)13-7-6-12(5)14(8-13)15-9-18(11(3)4)16(19)17-15/h6-8,10-11,15H,9H2,1-5H3,(H,17,19).